The Hall–Kier alpha value is -2.84. The molecule has 0 aliphatic carbocycles. The summed E-state index contributed by atoms with van der Waals surface area (Å²) in [6, 6.07) is 10.5. The molecule has 8 heteroatoms. The lowest BCUT2D eigenvalue weighted by Crippen LogP contribution is -2.35. The van der Waals surface area contributed by atoms with Gasteiger partial charge >= 0.3 is 0 Å². The van der Waals surface area contributed by atoms with E-state index in [1.54, 1.807) is 12.3 Å². The van der Waals surface area contributed by atoms with Crippen molar-refractivity contribution in [1.82, 2.24) is 4.31 Å². The van der Waals surface area contributed by atoms with Gasteiger partial charge in [0, 0.05) is 24.0 Å². The summed E-state index contributed by atoms with van der Waals surface area (Å²) in [5.74, 6) is 0.160. The summed E-state index contributed by atoms with van der Waals surface area (Å²) in [7, 11) is -3.62. The Labute approximate surface area is 188 Å². The standard InChI is InChI=1S/C24H28N2O5S/c1-3-30-22-10-8-19(32(28,29)26-11-5-4-6-12-26)15-21(22)25-24(27)14-18-16-31-23-13-17(2)7-9-20(18)23/h7-10,13,15-16H,3-6,11-12,14H2,1-2H3,(H,25,27). The summed E-state index contributed by atoms with van der Waals surface area (Å²) >= 11 is 0. The number of rotatable bonds is 7. The molecule has 32 heavy (non-hydrogen) atoms. The van der Waals surface area contributed by atoms with E-state index in [0.717, 1.165) is 41.4 Å². The van der Waals surface area contributed by atoms with E-state index in [1.807, 2.05) is 32.0 Å². The van der Waals surface area contributed by atoms with Gasteiger partial charge in [-0.3, -0.25) is 4.79 Å². The topological polar surface area (TPSA) is 88.9 Å². The van der Waals surface area contributed by atoms with E-state index in [1.165, 1.54) is 16.4 Å². The number of ether oxygens (including phenoxy) is 1. The second kappa shape index (κ2) is 9.34. The second-order valence-electron chi connectivity index (χ2n) is 8.04. The van der Waals surface area contributed by atoms with E-state index in [9.17, 15) is 13.2 Å². The molecule has 0 saturated carbocycles. The third-order valence-electron chi connectivity index (χ3n) is 5.64. The van der Waals surface area contributed by atoms with Gasteiger partial charge in [0.25, 0.3) is 0 Å². The highest BCUT2D eigenvalue weighted by molar-refractivity contribution is 7.89. The van der Waals surface area contributed by atoms with Gasteiger partial charge < -0.3 is 14.5 Å². The summed E-state index contributed by atoms with van der Waals surface area (Å²) < 4.78 is 38.9. The van der Waals surface area contributed by atoms with Crippen LogP contribution in [0.1, 0.15) is 37.3 Å². The lowest BCUT2D eigenvalue weighted by molar-refractivity contribution is -0.115. The number of anilines is 1. The number of nitrogens with one attached hydrogen (secondary N) is 1. The maximum absolute atomic E-state index is 13.1. The van der Waals surface area contributed by atoms with Crippen molar-refractivity contribution < 1.29 is 22.4 Å². The smallest absolute Gasteiger partial charge is 0.243 e. The molecule has 0 spiro atoms. The number of carbonyl (C=O) groups is 1. The maximum Gasteiger partial charge on any atom is 0.243 e. The molecule has 0 unspecified atom stereocenters. The molecule has 1 amide bonds. The Morgan fingerprint density at radius 3 is 2.66 bits per heavy atom. The van der Waals surface area contributed by atoms with Crippen LogP contribution in [0.4, 0.5) is 5.69 Å². The second-order valence-corrected chi connectivity index (χ2v) is 9.98. The number of aryl methyl sites for hydroxylation is 1. The van der Waals surface area contributed by atoms with Gasteiger partial charge in [0.1, 0.15) is 11.3 Å². The molecule has 1 saturated heterocycles. The number of piperidine rings is 1. The first kappa shape index (κ1) is 22.4. The Balaban J connectivity index is 1.58. The van der Waals surface area contributed by atoms with E-state index in [0.29, 0.717) is 31.1 Å². The van der Waals surface area contributed by atoms with Crippen molar-refractivity contribution in [2.75, 3.05) is 25.0 Å². The van der Waals surface area contributed by atoms with Crippen molar-refractivity contribution in [2.24, 2.45) is 0 Å². The number of hydrogen-bond acceptors (Lipinski definition) is 5. The first-order valence-corrected chi connectivity index (χ1v) is 12.4. The van der Waals surface area contributed by atoms with E-state index in [2.05, 4.69) is 5.32 Å². The highest BCUT2D eigenvalue weighted by atomic mass is 32.2. The van der Waals surface area contributed by atoms with Gasteiger partial charge in [-0.1, -0.05) is 18.6 Å². The third kappa shape index (κ3) is 4.66. The molecule has 0 atom stereocenters. The molecular formula is C24H28N2O5S. The highest BCUT2D eigenvalue weighted by Gasteiger charge is 2.27. The molecule has 0 bridgehead atoms. The van der Waals surface area contributed by atoms with Gasteiger partial charge in [0.05, 0.1) is 29.9 Å². The van der Waals surface area contributed by atoms with Crippen LogP contribution in [0.25, 0.3) is 11.0 Å². The molecule has 1 aromatic heterocycles. The van der Waals surface area contributed by atoms with E-state index < -0.39 is 10.0 Å². The lowest BCUT2D eigenvalue weighted by atomic mass is 10.1. The SMILES string of the molecule is CCOc1ccc(S(=O)(=O)N2CCCCC2)cc1NC(=O)Cc1coc2cc(C)ccc12. The van der Waals surface area contributed by atoms with Crippen LogP contribution >= 0.6 is 0 Å². The zero-order chi connectivity index (χ0) is 22.7. The van der Waals surface area contributed by atoms with Crippen LogP contribution in [0.5, 0.6) is 5.75 Å². The van der Waals surface area contributed by atoms with Crippen molar-refractivity contribution in [1.29, 1.82) is 0 Å². The Morgan fingerprint density at radius 2 is 1.91 bits per heavy atom. The zero-order valence-corrected chi connectivity index (χ0v) is 19.2. The normalized spacial score (nSPS) is 15.1. The maximum atomic E-state index is 13.1. The van der Waals surface area contributed by atoms with Crippen molar-refractivity contribution >= 4 is 32.6 Å². The van der Waals surface area contributed by atoms with Gasteiger partial charge in [-0.15, -0.1) is 0 Å². The fourth-order valence-electron chi connectivity index (χ4n) is 4.00. The number of benzene rings is 2. The number of sulfonamides is 1. The molecule has 7 nitrogen and oxygen atoms in total. The predicted octanol–water partition coefficient (Wildman–Crippen LogP) is 4.50. The van der Waals surface area contributed by atoms with Gasteiger partial charge in [-0.05, 0) is 56.5 Å². The monoisotopic (exact) mass is 456 g/mol. The number of furan rings is 1. The van der Waals surface area contributed by atoms with Crippen LogP contribution < -0.4 is 10.1 Å². The number of hydrogen-bond donors (Lipinski definition) is 1. The molecule has 3 aromatic rings. The van der Waals surface area contributed by atoms with Gasteiger partial charge in [0.2, 0.25) is 15.9 Å². The summed E-state index contributed by atoms with van der Waals surface area (Å²) in [6.45, 7) is 5.25. The Morgan fingerprint density at radius 1 is 1.12 bits per heavy atom. The van der Waals surface area contributed by atoms with Crippen molar-refractivity contribution in [3.8, 4) is 5.75 Å². The minimum absolute atomic E-state index is 0.102. The number of amides is 1. The minimum atomic E-state index is -3.62. The summed E-state index contributed by atoms with van der Waals surface area (Å²) in [5.41, 5.74) is 2.93. The molecule has 1 aliphatic heterocycles. The average Bonchev–Trinajstić information content (AvgIpc) is 3.17. The first-order chi connectivity index (χ1) is 15.4. The third-order valence-corrected chi connectivity index (χ3v) is 7.53. The van der Waals surface area contributed by atoms with E-state index in [4.69, 9.17) is 9.15 Å². The molecule has 1 N–H and O–H groups in total. The average molecular weight is 457 g/mol. The highest BCUT2D eigenvalue weighted by Crippen LogP contribution is 2.31. The molecule has 1 fully saturated rings. The van der Waals surface area contributed by atoms with Crippen molar-refractivity contribution in [3.05, 3.63) is 53.8 Å². The molecule has 2 heterocycles. The number of nitrogens with zero attached hydrogens (tertiary/aromatic N) is 1. The van der Waals surface area contributed by atoms with E-state index in [-0.39, 0.29) is 17.2 Å². The number of fused-ring (bicyclic) bond motifs is 1. The number of carbonyl (C=O) groups excluding carboxylic acids is 1. The molecular weight excluding hydrogens is 428 g/mol. The van der Waals surface area contributed by atoms with Crippen LogP contribution in [0.15, 0.2) is 52.0 Å². The summed E-state index contributed by atoms with van der Waals surface area (Å²) in [5, 5.41) is 3.72. The fourth-order valence-corrected chi connectivity index (χ4v) is 5.54. The molecule has 0 radical (unpaired) electrons. The Kier molecular flexibility index (Phi) is 6.53. The molecule has 1 aliphatic rings. The first-order valence-electron chi connectivity index (χ1n) is 10.9. The quantitative estimate of drug-likeness (QED) is 0.566. The molecule has 170 valence electrons. The lowest BCUT2D eigenvalue weighted by Gasteiger charge is -2.26. The van der Waals surface area contributed by atoms with Gasteiger partial charge in [-0.2, -0.15) is 4.31 Å². The fraction of sp³-hybridized carbons (Fsp3) is 0.375. The van der Waals surface area contributed by atoms with Crippen LogP contribution in [0, 0.1) is 6.92 Å². The van der Waals surface area contributed by atoms with Crippen LogP contribution in [-0.4, -0.2) is 38.3 Å². The summed E-state index contributed by atoms with van der Waals surface area (Å²) in [6.07, 6.45) is 4.45. The van der Waals surface area contributed by atoms with Crippen molar-refractivity contribution in [3.63, 3.8) is 0 Å². The summed E-state index contributed by atoms with van der Waals surface area (Å²) in [4.78, 5) is 13.0. The van der Waals surface area contributed by atoms with Gasteiger partial charge in [-0.25, -0.2) is 8.42 Å². The largest absolute Gasteiger partial charge is 0.492 e. The Bertz CT molecular complexity index is 1230. The molecule has 4 rings (SSSR count). The minimum Gasteiger partial charge on any atom is -0.492 e. The van der Waals surface area contributed by atoms with Crippen LogP contribution in [0.2, 0.25) is 0 Å². The van der Waals surface area contributed by atoms with Crippen LogP contribution in [0.3, 0.4) is 0 Å². The van der Waals surface area contributed by atoms with E-state index >= 15 is 0 Å². The van der Waals surface area contributed by atoms with Crippen LogP contribution in [-0.2, 0) is 21.2 Å². The molecule has 2 aromatic carbocycles. The van der Waals surface area contributed by atoms with Gasteiger partial charge in [0.15, 0.2) is 0 Å². The predicted molar refractivity (Wildman–Crippen MR) is 124 cm³/mol. The van der Waals surface area contributed by atoms with Crippen molar-refractivity contribution in [2.45, 2.75) is 44.4 Å². The zero-order valence-electron chi connectivity index (χ0n) is 18.4.